The molecule has 0 aliphatic rings. The van der Waals surface area contributed by atoms with Crippen molar-refractivity contribution in [1.82, 2.24) is 19.7 Å². The highest BCUT2D eigenvalue weighted by Crippen LogP contribution is 2.19. The molecule has 0 fully saturated rings. The van der Waals surface area contributed by atoms with Crippen LogP contribution in [0, 0.1) is 6.92 Å². The van der Waals surface area contributed by atoms with E-state index in [4.69, 9.17) is 5.73 Å². The Hall–Kier alpha value is -1.89. The Morgan fingerprint density at radius 3 is 2.75 bits per heavy atom. The average Bonchev–Trinajstić information content (AvgIpc) is 2.92. The molecule has 7 heteroatoms. The lowest BCUT2D eigenvalue weighted by molar-refractivity contribution is 0.0773. The van der Waals surface area contributed by atoms with Crippen LogP contribution in [0.5, 0.6) is 0 Å². The molecule has 0 saturated heterocycles. The Morgan fingerprint density at radius 2 is 2.25 bits per heavy atom. The van der Waals surface area contributed by atoms with Crippen molar-refractivity contribution in [2.75, 3.05) is 12.8 Å². The van der Waals surface area contributed by atoms with Crippen LogP contribution in [0.15, 0.2) is 5.38 Å². The van der Waals surface area contributed by atoms with E-state index in [1.54, 1.807) is 35.0 Å². The van der Waals surface area contributed by atoms with Crippen molar-refractivity contribution in [3.63, 3.8) is 0 Å². The number of rotatable bonds is 4. The molecule has 0 atom stereocenters. The van der Waals surface area contributed by atoms with Crippen molar-refractivity contribution < 1.29 is 4.79 Å². The Labute approximate surface area is 122 Å². The average molecular weight is 293 g/mol. The number of nitrogens with zero attached hydrogens (tertiary/aromatic N) is 4. The zero-order valence-corrected chi connectivity index (χ0v) is 13.0. The monoisotopic (exact) mass is 293 g/mol. The summed E-state index contributed by atoms with van der Waals surface area (Å²) < 4.78 is 1.55. The van der Waals surface area contributed by atoms with Gasteiger partial charge < -0.3 is 10.6 Å². The predicted octanol–water partition coefficient (Wildman–Crippen LogP) is 1.60. The van der Waals surface area contributed by atoms with E-state index >= 15 is 0 Å². The molecule has 0 bridgehead atoms. The van der Waals surface area contributed by atoms with Gasteiger partial charge in [0.25, 0.3) is 5.91 Å². The number of anilines is 1. The van der Waals surface area contributed by atoms with E-state index < -0.39 is 0 Å². The molecular weight excluding hydrogens is 274 g/mol. The first kappa shape index (κ1) is 14.5. The normalized spacial score (nSPS) is 10.8. The van der Waals surface area contributed by atoms with Crippen molar-refractivity contribution >= 4 is 22.9 Å². The molecule has 20 heavy (non-hydrogen) atoms. The smallest absolute Gasteiger partial charge is 0.274 e. The molecule has 108 valence electrons. The minimum Gasteiger partial charge on any atom is -0.395 e. The number of aryl methyl sites for hydroxylation is 3. The van der Waals surface area contributed by atoms with Crippen LogP contribution in [0.1, 0.15) is 33.8 Å². The van der Waals surface area contributed by atoms with E-state index in [1.807, 2.05) is 19.2 Å². The summed E-state index contributed by atoms with van der Waals surface area (Å²) in [4.78, 5) is 18.5. The molecule has 0 unspecified atom stereocenters. The third-order valence-electron chi connectivity index (χ3n) is 3.11. The number of nitrogens with two attached hydrogens (primary N) is 1. The summed E-state index contributed by atoms with van der Waals surface area (Å²) in [5, 5.41) is 7.23. The minimum absolute atomic E-state index is 0.136. The van der Waals surface area contributed by atoms with Crippen LogP contribution in [-0.2, 0) is 20.0 Å². The van der Waals surface area contributed by atoms with E-state index in [0.29, 0.717) is 24.3 Å². The Bertz CT molecular complexity index is 631. The number of carbonyl (C=O) groups excluding carboxylic acids is 1. The van der Waals surface area contributed by atoms with Gasteiger partial charge in [0, 0.05) is 19.5 Å². The molecule has 0 spiro atoms. The highest BCUT2D eigenvalue weighted by Gasteiger charge is 2.22. The van der Waals surface area contributed by atoms with Crippen LogP contribution in [0.4, 0.5) is 5.69 Å². The summed E-state index contributed by atoms with van der Waals surface area (Å²) in [7, 11) is 3.48. The van der Waals surface area contributed by atoms with Crippen LogP contribution >= 0.6 is 11.3 Å². The maximum Gasteiger partial charge on any atom is 0.274 e. The van der Waals surface area contributed by atoms with Crippen LogP contribution in [0.2, 0.25) is 0 Å². The fourth-order valence-corrected chi connectivity index (χ4v) is 2.69. The zero-order valence-electron chi connectivity index (χ0n) is 12.2. The first-order valence-corrected chi connectivity index (χ1v) is 7.29. The molecule has 2 rings (SSSR count). The first-order valence-electron chi connectivity index (χ1n) is 6.41. The molecule has 0 saturated carbocycles. The Morgan fingerprint density at radius 1 is 1.55 bits per heavy atom. The second kappa shape index (κ2) is 5.62. The number of carbonyl (C=O) groups is 1. The molecule has 2 N–H and O–H groups in total. The van der Waals surface area contributed by atoms with Crippen molar-refractivity contribution in [1.29, 1.82) is 0 Å². The molecule has 2 aromatic rings. The van der Waals surface area contributed by atoms with Gasteiger partial charge in [-0.1, -0.05) is 6.92 Å². The van der Waals surface area contributed by atoms with Crippen molar-refractivity contribution in [2.24, 2.45) is 7.05 Å². The number of hydrogen-bond donors (Lipinski definition) is 1. The SMILES string of the molecule is CCc1nn(C)c(C(=O)N(C)Cc2csc(C)n2)c1N. The maximum atomic E-state index is 12.5. The number of amides is 1. The summed E-state index contributed by atoms with van der Waals surface area (Å²) >= 11 is 1.58. The van der Waals surface area contributed by atoms with Gasteiger partial charge in [0.15, 0.2) is 0 Å². The second-order valence-corrected chi connectivity index (χ2v) is 5.77. The molecule has 0 radical (unpaired) electrons. The molecule has 2 heterocycles. The third-order valence-corrected chi connectivity index (χ3v) is 3.93. The van der Waals surface area contributed by atoms with Gasteiger partial charge in [-0.2, -0.15) is 5.10 Å². The van der Waals surface area contributed by atoms with Crippen LogP contribution in [0.3, 0.4) is 0 Å². The second-order valence-electron chi connectivity index (χ2n) is 4.71. The third kappa shape index (κ3) is 2.67. The van der Waals surface area contributed by atoms with Gasteiger partial charge in [0.2, 0.25) is 0 Å². The van der Waals surface area contributed by atoms with Crippen LogP contribution < -0.4 is 5.73 Å². The van der Waals surface area contributed by atoms with Crippen LogP contribution in [0.25, 0.3) is 0 Å². The lowest BCUT2D eigenvalue weighted by Crippen LogP contribution is -2.29. The number of hydrogen-bond acceptors (Lipinski definition) is 5. The molecule has 0 aliphatic heterocycles. The lowest BCUT2D eigenvalue weighted by Gasteiger charge is -2.16. The van der Waals surface area contributed by atoms with Gasteiger partial charge in [0.1, 0.15) is 5.69 Å². The van der Waals surface area contributed by atoms with Crippen LogP contribution in [-0.4, -0.2) is 32.6 Å². The summed E-state index contributed by atoms with van der Waals surface area (Å²) in [5.41, 5.74) is 8.57. The Kier molecular flexibility index (Phi) is 4.08. The summed E-state index contributed by atoms with van der Waals surface area (Å²) in [6.07, 6.45) is 0.710. The summed E-state index contributed by atoms with van der Waals surface area (Å²) in [6.45, 7) is 4.38. The van der Waals surface area contributed by atoms with Gasteiger partial charge >= 0.3 is 0 Å². The van der Waals surface area contributed by atoms with Crippen molar-refractivity contribution in [3.05, 3.63) is 27.5 Å². The van der Waals surface area contributed by atoms with Gasteiger partial charge in [-0.25, -0.2) is 4.98 Å². The van der Waals surface area contributed by atoms with Gasteiger partial charge in [-0.05, 0) is 13.3 Å². The van der Waals surface area contributed by atoms with E-state index in [1.165, 1.54) is 0 Å². The predicted molar refractivity (Wildman–Crippen MR) is 79.6 cm³/mol. The van der Waals surface area contributed by atoms with E-state index in [-0.39, 0.29) is 5.91 Å². The number of aromatic nitrogens is 3. The molecular formula is C13H19N5OS. The molecule has 0 aromatic carbocycles. The van der Waals surface area contributed by atoms with Gasteiger partial charge in [0.05, 0.1) is 28.6 Å². The standard InChI is InChI=1S/C13H19N5OS/c1-5-10-11(14)12(18(4)16-10)13(19)17(3)6-9-7-20-8(2)15-9/h7H,5-6,14H2,1-4H3. The largest absolute Gasteiger partial charge is 0.395 e. The molecule has 2 aromatic heterocycles. The fraction of sp³-hybridized carbons (Fsp3) is 0.462. The highest BCUT2D eigenvalue weighted by molar-refractivity contribution is 7.09. The van der Waals surface area contributed by atoms with E-state index in [2.05, 4.69) is 10.1 Å². The molecule has 6 nitrogen and oxygen atoms in total. The first-order chi connectivity index (χ1) is 9.43. The number of thiazole rings is 1. The van der Waals surface area contributed by atoms with Gasteiger partial charge in [-0.15, -0.1) is 11.3 Å². The minimum atomic E-state index is -0.136. The van der Waals surface area contributed by atoms with E-state index in [0.717, 1.165) is 16.4 Å². The summed E-state index contributed by atoms with van der Waals surface area (Å²) in [6, 6.07) is 0. The van der Waals surface area contributed by atoms with Crippen molar-refractivity contribution in [2.45, 2.75) is 26.8 Å². The number of nitrogen functional groups attached to an aromatic ring is 1. The quantitative estimate of drug-likeness (QED) is 0.929. The van der Waals surface area contributed by atoms with Crippen molar-refractivity contribution in [3.8, 4) is 0 Å². The Balaban J connectivity index is 2.20. The molecule has 0 aliphatic carbocycles. The van der Waals surface area contributed by atoms with Gasteiger partial charge in [-0.3, -0.25) is 9.48 Å². The topological polar surface area (TPSA) is 77.0 Å². The molecule has 1 amide bonds. The fourth-order valence-electron chi connectivity index (χ4n) is 2.09. The highest BCUT2D eigenvalue weighted by atomic mass is 32.1. The zero-order chi connectivity index (χ0) is 14.9. The lowest BCUT2D eigenvalue weighted by atomic mass is 10.2. The van der Waals surface area contributed by atoms with E-state index in [9.17, 15) is 4.79 Å². The summed E-state index contributed by atoms with van der Waals surface area (Å²) in [5.74, 6) is -0.136. The maximum absolute atomic E-state index is 12.5.